The fourth-order valence-electron chi connectivity index (χ4n) is 0.797. The van der Waals surface area contributed by atoms with E-state index in [0.717, 1.165) is 0 Å². The molecule has 0 atom stereocenters. The third-order valence-corrected chi connectivity index (χ3v) is 1.38. The van der Waals surface area contributed by atoms with E-state index in [1.807, 2.05) is 0 Å². The Morgan fingerprint density at radius 1 is 1.22 bits per heavy atom. The van der Waals surface area contributed by atoms with Gasteiger partial charge in [-0.1, -0.05) is 0 Å². The van der Waals surface area contributed by atoms with Crippen molar-refractivity contribution in [2.45, 2.75) is 37.7 Å². The third-order valence-electron chi connectivity index (χ3n) is 1.38. The predicted octanol–water partition coefficient (Wildman–Crippen LogP) is 2.71. The van der Waals surface area contributed by atoms with Crippen molar-refractivity contribution in [1.29, 1.82) is 0 Å². The normalized spacial score (nSPS) is 11.0. The zero-order valence-electron chi connectivity index (χ0n) is 6.69. The van der Waals surface area contributed by atoms with Crippen LogP contribution in [0.3, 0.4) is 0 Å². The van der Waals surface area contributed by atoms with Crippen LogP contribution in [0.25, 0.3) is 0 Å². The van der Waals surface area contributed by atoms with Gasteiger partial charge in [0, 0.05) is 0 Å². The number of allylic oxidation sites excluding steroid dienone is 2. The van der Waals surface area contributed by atoms with Crippen LogP contribution in [-0.4, -0.2) is 17.7 Å². The Balaban J connectivity index is 2.82. The minimum absolute atomic E-state index is 1.19. The summed E-state index contributed by atoms with van der Waals surface area (Å²) < 4.78 is 0. The number of unbranched alkanes of at least 4 members (excludes halogenated alkanes) is 2. The van der Waals surface area contributed by atoms with E-state index in [-0.39, 0.29) is 0 Å². The summed E-state index contributed by atoms with van der Waals surface area (Å²) in [6.07, 6.45) is 9.75. The molecule has 0 radical (unpaired) electrons. The molecule has 9 heavy (non-hydrogen) atoms. The molecule has 0 spiro atoms. The Morgan fingerprint density at radius 3 is 2.56 bits per heavy atom. The van der Waals surface area contributed by atoms with E-state index in [2.05, 4.69) is 36.8 Å². The maximum atomic E-state index is 2.29. The molecule has 0 nitrogen and oxygen atoms in total. The average molecular weight is 118 g/mol. The van der Waals surface area contributed by atoms with Crippen LogP contribution >= 0.6 is 0 Å². The average Bonchev–Trinajstić information content (AvgIpc) is 1.89. The molecule has 0 unspecified atom stereocenters. The molecule has 0 aliphatic carbocycles. The first-order valence-corrected chi connectivity index (χ1v) is 4.06. The second-order valence-corrected chi connectivity index (χ2v) is 2.38. The summed E-state index contributed by atoms with van der Waals surface area (Å²) in [4.78, 5) is 0. The van der Waals surface area contributed by atoms with Crippen LogP contribution in [0, 0.1) is 0 Å². The molecule has 0 bridgehead atoms. The van der Waals surface area contributed by atoms with Gasteiger partial charge in [0.1, 0.15) is 0 Å². The molecule has 0 aliphatic rings. The quantitative estimate of drug-likeness (QED) is 0.296. The van der Waals surface area contributed by atoms with Crippen molar-refractivity contribution >= 4 is 17.7 Å². The van der Waals surface area contributed by atoms with Crippen LogP contribution in [0.15, 0.2) is 12.2 Å². The van der Waals surface area contributed by atoms with Crippen molar-refractivity contribution in [3.63, 3.8) is 0 Å². The van der Waals surface area contributed by atoms with Crippen LogP contribution in [0.1, 0.15) is 32.6 Å². The van der Waals surface area contributed by atoms with E-state index in [1.165, 1.54) is 30.8 Å². The molecule has 0 saturated carbocycles. The number of rotatable bonds is 5. The second-order valence-electron chi connectivity index (χ2n) is 2.38. The van der Waals surface area contributed by atoms with E-state index in [1.54, 1.807) is 0 Å². The van der Waals surface area contributed by atoms with Gasteiger partial charge < -0.3 is 0 Å². The second kappa shape index (κ2) is 8.34. The predicted molar refractivity (Wildman–Crippen MR) is 43.8 cm³/mol. The minimum atomic E-state index is 1.19. The monoisotopic (exact) mass is 118 g/mol. The first kappa shape index (κ1) is 9.34. The van der Waals surface area contributed by atoms with Crippen LogP contribution in [0.5, 0.6) is 0 Å². The van der Waals surface area contributed by atoms with Gasteiger partial charge in [-0.2, -0.15) is 0 Å². The molecule has 48 valence electrons. The van der Waals surface area contributed by atoms with E-state index >= 15 is 0 Å². The van der Waals surface area contributed by atoms with Crippen LogP contribution < -0.4 is 0 Å². The molecule has 1 heteroatoms. The van der Waals surface area contributed by atoms with Gasteiger partial charge in [-0.25, -0.2) is 0 Å². The summed E-state index contributed by atoms with van der Waals surface area (Å²) in [6, 6.07) is 0. The van der Waals surface area contributed by atoms with Gasteiger partial charge in [0.2, 0.25) is 0 Å². The van der Waals surface area contributed by atoms with E-state index < -0.39 is 0 Å². The first-order valence-electron chi connectivity index (χ1n) is 4.06. The topological polar surface area (TPSA) is 0 Å². The molecule has 0 heterocycles. The molecular formula is C8H15Li. The van der Waals surface area contributed by atoms with Gasteiger partial charge in [0.15, 0.2) is 0 Å². The van der Waals surface area contributed by atoms with E-state index in [4.69, 9.17) is 0 Å². The summed E-state index contributed by atoms with van der Waals surface area (Å²) in [7, 11) is 0. The molecule has 0 aromatic carbocycles. The van der Waals surface area contributed by atoms with E-state index in [9.17, 15) is 0 Å². The van der Waals surface area contributed by atoms with Crippen molar-refractivity contribution in [1.82, 2.24) is 0 Å². The fourth-order valence-corrected chi connectivity index (χ4v) is 0.797. The van der Waals surface area contributed by atoms with Crippen molar-refractivity contribution in [2.75, 3.05) is 0 Å². The molecule has 0 aromatic rings. The van der Waals surface area contributed by atoms with Gasteiger partial charge in [-0.05, 0) is 0 Å². The maximum absolute atomic E-state index is 2.29. The molecule has 0 rings (SSSR count). The van der Waals surface area contributed by atoms with Crippen molar-refractivity contribution < 1.29 is 0 Å². The Labute approximate surface area is 67.9 Å². The zero-order chi connectivity index (χ0) is 6.95. The molecule has 0 aromatic heterocycles. The molecule has 0 amide bonds. The van der Waals surface area contributed by atoms with Crippen molar-refractivity contribution in [3.05, 3.63) is 12.2 Å². The Bertz CT molecular complexity index is 67.0. The molecule has 0 N–H and O–H groups in total. The van der Waals surface area contributed by atoms with Gasteiger partial charge in [0.25, 0.3) is 0 Å². The van der Waals surface area contributed by atoms with E-state index in [0.29, 0.717) is 0 Å². The standard InChI is InChI=1S/C8H15.Li/c1-3-5-7-8-6-4-2;/h6,8H,1,3-5,7H2,2H3;/b8-6+;. The van der Waals surface area contributed by atoms with Crippen LogP contribution in [0.4, 0.5) is 0 Å². The zero-order valence-corrected chi connectivity index (χ0v) is 6.69. The van der Waals surface area contributed by atoms with Gasteiger partial charge in [0.05, 0.1) is 0 Å². The Kier molecular flexibility index (Phi) is 8.65. The molecule has 0 aliphatic heterocycles. The fraction of sp³-hybridized carbons (Fsp3) is 0.750. The van der Waals surface area contributed by atoms with Crippen molar-refractivity contribution in [2.24, 2.45) is 0 Å². The first-order chi connectivity index (χ1) is 4.41. The summed E-state index contributed by atoms with van der Waals surface area (Å²) in [5.74, 6) is 0. The molecule has 0 fully saturated rings. The number of hydrogen-bond donors (Lipinski definition) is 0. The van der Waals surface area contributed by atoms with Crippen LogP contribution in [-0.2, 0) is 0 Å². The Hall–Kier alpha value is 0.337. The number of hydrogen-bond acceptors (Lipinski definition) is 0. The Morgan fingerprint density at radius 2 is 2.00 bits per heavy atom. The summed E-state index contributed by atoms with van der Waals surface area (Å²) in [5, 5.41) is 1.33. The summed E-state index contributed by atoms with van der Waals surface area (Å²) in [6.45, 7) is 2.18. The molecular weight excluding hydrogens is 103 g/mol. The summed E-state index contributed by atoms with van der Waals surface area (Å²) >= 11 is 2.24. The van der Waals surface area contributed by atoms with Crippen LogP contribution in [0.2, 0.25) is 5.09 Å². The van der Waals surface area contributed by atoms with Gasteiger partial charge >= 0.3 is 67.6 Å². The molecule has 0 saturated heterocycles. The van der Waals surface area contributed by atoms with Gasteiger partial charge in [-0.15, -0.1) is 0 Å². The SMILES string of the molecule is [Li][CH2]CCC/C=C/CC. The van der Waals surface area contributed by atoms with Crippen molar-refractivity contribution in [3.8, 4) is 0 Å². The summed E-state index contributed by atoms with van der Waals surface area (Å²) in [5.41, 5.74) is 0. The van der Waals surface area contributed by atoms with Gasteiger partial charge in [-0.3, -0.25) is 0 Å². The third kappa shape index (κ3) is 8.34.